The van der Waals surface area contributed by atoms with Gasteiger partial charge in [-0.2, -0.15) is 18.4 Å². The molecule has 0 bridgehead atoms. The second-order valence-corrected chi connectivity index (χ2v) is 11.6. The highest BCUT2D eigenvalue weighted by Crippen LogP contribution is 2.32. The standard InChI is InChI=1S/C34H35F3N6OS/c1-23(2)27-12-14-29(15-13-27)41-33(45)42(21-28-6-4-5-7-31(28)34(35,36)37)19-24(3)40-32(44)16-30-18-39-22-43(30)20-26-10-8-25(17-38)9-11-26/h4-15,18,22-24H,16,19-21H2,1-3H3,(H,40,44)(H,41,45)/t24-/m0/s1. The molecule has 0 aliphatic carbocycles. The molecule has 0 unspecified atom stereocenters. The van der Waals surface area contributed by atoms with Gasteiger partial charge in [0.15, 0.2) is 5.11 Å². The number of thiocarbonyl (C=S) groups is 1. The van der Waals surface area contributed by atoms with Crippen LogP contribution in [0.1, 0.15) is 60.2 Å². The van der Waals surface area contributed by atoms with Crippen molar-refractivity contribution < 1.29 is 18.0 Å². The lowest BCUT2D eigenvalue weighted by molar-refractivity contribution is -0.138. The van der Waals surface area contributed by atoms with Crippen molar-refractivity contribution >= 4 is 28.9 Å². The third kappa shape index (κ3) is 9.40. The summed E-state index contributed by atoms with van der Waals surface area (Å²) in [6.07, 6.45) is -1.20. The maximum Gasteiger partial charge on any atom is 0.416 e. The Balaban J connectivity index is 1.45. The van der Waals surface area contributed by atoms with Crippen LogP contribution in [0.25, 0.3) is 0 Å². The number of rotatable bonds is 11. The van der Waals surface area contributed by atoms with Crippen LogP contribution in [0, 0.1) is 11.3 Å². The van der Waals surface area contributed by atoms with Crippen molar-refractivity contribution in [2.45, 2.75) is 58.4 Å². The summed E-state index contributed by atoms with van der Waals surface area (Å²) in [7, 11) is 0. The molecule has 0 fully saturated rings. The normalized spacial score (nSPS) is 12.0. The smallest absolute Gasteiger partial charge is 0.352 e. The molecule has 4 aromatic rings. The lowest BCUT2D eigenvalue weighted by atomic mass is 10.0. The van der Waals surface area contributed by atoms with E-state index in [0.717, 1.165) is 17.2 Å². The van der Waals surface area contributed by atoms with Crippen molar-refractivity contribution in [3.05, 3.63) is 119 Å². The van der Waals surface area contributed by atoms with E-state index in [1.54, 1.807) is 42.5 Å². The number of imidazole rings is 1. The van der Waals surface area contributed by atoms with Crippen molar-refractivity contribution in [2.24, 2.45) is 0 Å². The summed E-state index contributed by atoms with van der Waals surface area (Å²) in [5.74, 6) is 0.0864. The van der Waals surface area contributed by atoms with Gasteiger partial charge in [0.1, 0.15) is 0 Å². The molecular weight excluding hydrogens is 597 g/mol. The van der Waals surface area contributed by atoms with E-state index in [9.17, 15) is 18.0 Å². The number of anilines is 1. The molecule has 4 rings (SSSR count). The van der Waals surface area contributed by atoms with Crippen LogP contribution in [-0.2, 0) is 30.5 Å². The van der Waals surface area contributed by atoms with Gasteiger partial charge < -0.3 is 20.1 Å². The average molecular weight is 633 g/mol. The van der Waals surface area contributed by atoms with E-state index in [4.69, 9.17) is 17.5 Å². The van der Waals surface area contributed by atoms with Crippen LogP contribution >= 0.6 is 12.2 Å². The third-order valence-corrected chi connectivity index (χ3v) is 7.64. The van der Waals surface area contributed by atoms with Gasteiger partial charge in [0, 0.05) is 43.3 Å². The molecule has 1 heterocycles. The molecule has 2 N–H and O–H groups in total. The topological polar surface area (TPSA) is 86.0 Å². The molecule has 0 saturated heterocycles. The number of hydrogen-bond donors (Lipinski definition) is 2. The van der Waals surface area contributed by atoms with Gasteiger partial charge in [-0.3, -0.25) is 4.79 Å². The Labute approximate surface area is 266 Å². The van der Waals surface area contributed by atoms with E-state index in [1.165, 1.54) is 12.1 Å². The van der Waals surface area contributed by atoms with E-state index in [1.807, 2.05) is 41.0 Å². The number of amides is 1. The maximum absolute atomic E-state index is 13.8. The van der Waals surface area contributed by atoms with Gasteiger partial charge >= 0.3 is 6.18 Å². The fourth-order valence-corrected chi connectivity index (χ4v) is 5.16. The summed E-state index contributed by atoms with van der Waals surface area (Å²) in [6.45, 7) is 6.50. The minimum Gasteiger partial charge on any atom is -0.352 e. The first-order chi connectivity index (χ1) is 21.4. The van der Waals surface area contributed by atoms with Crippen LogP contribution in [-0.4, -0.2) is 38.1 Å². The van der Waals surface area contributed by atoms with Crippen molar-refractivity contribution in [1.82, 2.24) is 19.8 Å². The Hall–Kier alpha value is -4.69. The quantitative estimate of drug-likeness (QED) is 0.175. The van der Waals surface area contributed by atoms with Gasteiger partial charge in [-0.25, -0.2) is 4.98 Å². The van der Waals surface area contributed by atoms with Gasteiger partial charge in [-0.1, -0.05) is 56.3 Å². The van der Waals surface area contributed by atoms with Crippen molar-refractivity contribution in [3.8, 4) is 6.07 Å². The molecule has 0 spiro atoms. The number of carbonyl (C=O) groups is 1. The van der Waals surface area contributed by atoms with Gasteiger partial charge in [-0.05, 0) is 72.1 Å². The lowest BCUT2D eigenvalue weighted by Gasteiger charge is -2.30. The highest BCUT2D eigenvalue weighted by atomic mass is 32.1. The number of nitrogens with zero attached hydrogens (tertiary/aromatic N) is 4. The second-order valence-electron chi connectivity index (χ2n) is 11.2. The van der Waals surface area contributed by atoms with Gasteiger partial charge in [0.05, 0.1) is 29.9 Å². The van der Waals surface area contributed by atoms with Gasteiger partial charge in [0.25, 0.3) is 0 Å². The summed E-state index contributed by atoms with van der Waals surface area (Å²) in [5.41, 5.74) is 3.43. The molecule has 1 aromatic heterocycles. The summed E-state index contributed by atoms with van der Waals surface area (Å²) in [6, 6.07) is 22.0. The molecular formula is C34H35F3N6OS. The predicted octanol–water partition coefficient (Wildman–Crippen LogP) is 6.89. The highest BCUT2D eigenvalue weighted by Gasteiger charge is 2.33. The molecule has 1 amide bonds. The number of benzene rings is 3. The van der Waals surface area contributed by atoms with Gasteiger partial charge in [-0.15, -0.1) is 0 Å². The summed E-state index contributed by atoms with van der Waals surface area (Å²) in [4.78, 5) is 18.9. The van der Waals surface area contributed by atoms with Crippen LogP contribution in [0.3, 0.4) is 0 Å². The van der Waals surface area contributed by atoms with E-state index < -0.39 is 17.8 Å². The van der Waals surface area contributed by atoms with E-state index in [2.05, 4.69) is 35.5 Å². The third-order valence-electron chi connectivity index (χ3n) is 7.28. The molecule has 11 heteroatoms. The fourth-order valence-electron chi connectivity index (χ4n) is 4.90. The van der Waals surface area contributed by atoms with E-state index in [-0.39, 0.29) is 36.1 Å². The lowest BCUT2D eigenvalue weighted by Crippen LogP contribution is -2.46. The second kappa shape index (κ2) is 14.9. The molecule has 0 radical (unpaired) electrons. The molecule has 45 heavy (non-hydrogen) atoms. The average Bonchev–Trinajstić information content (AvgIpc) is 3.42. The molecule has 0 saturated carbocycles. The number of alkyl halides is 3. The number of carbonyl (C=O) groups excluding carboxylic acids is 1. The fraction of sp³-hybridized carbons (Fsp3) is 0.294. The molecule has 0 aliphatic heterocycles. The highest BCUT2D eigenvalue weighted by molar-refractivity contribution is 7.80. The first-order valence-corrected chi connectivity index (χ1v) is 14.9. The van der Waals surface area contributed by atoms with Crippen LogP contribution in [0.15, 0.2) is 85.3 Å². The molecule has 0 aliphatic rings. The first-order valence-electron chi connectivity index (χ1n) is 14.5. The predicted molar refractivity (Wildman–Crippen MR) is 172 cm³/mol. The SMILES string of the molecule is CC(C)c1ccc(NC(=S)N(Cc2ccccc2C(F)(F)F)C[C@H](C)NC(=O)Cc2cncn2Cc2ccc(C#N)cc2)cc1. The number of nitriles is 1. The van der Waals surface area contributed by atoms with Gasteiger partial charge in [0.2, 0.25) is 5.91 Å². The molecule has 7 nitrogen and oxygen atoms in total. The Kier molecular flexibility index (Phi) is 11.0. The summed E-state index contributed by atoms with van der Waals surface area (Å²) >= 11 is 5.69. The number of aromatic nitrogens is 2. The Bertz CT molecular complexity index is 1640. The minimum absolute atomic E-state index is 0.0580. The Morgan fingerprint density at radius 1 is 1.04 bits per heavy atom. The molecule has 3 aromatic carbocycles. The van der Waals surface area contributed by atoms with Crippen LogP contribution < -0.4 is 10.6 Å². The largest absolute Gasteiger partial charge is 0.416 e. The van der Waals surface area contributed by atoms with E-state index in [0.29, 0.717) is 29.4 Å². The van der Waals surface area contributed by atoms with Crippen LogP contribution in [0.5, 0.6) is 0 Å². The van der Waals surface area contributed by atoms with Crippen LogP contribution in [0.2, 0.25) is 0 Å². The maximum atomic E-state index is 13.8. The summed E-state index contributed by atoms with van der Waals surface area (Å²) < 4.78 is 43.3. The van der Waals surface area contributed by atoms with Crippen LogP contribution in [0.4, 0.5) is 18.9 Å². The number of hydrogen-bond acceptors (Lipinski definition) is 4. The molecule has 234 valence electrons. The summed E-state index contributed by atoms with van der Waals surface area (Å²) in [5, 5.41) is 15.4. The zero-order valence-electron chi connectivity index (χ0n) is 25.3. The van der Waals surface area contributed by atoms with E-state index >= 15 is 0 Å². The van der Waals surface area contributed by atoms with Crippen molar-refractivity contribution in [3.63, 3.8) is 0 Å². The molecule has 1 atom stereocenters. The first kappa shape index (κ1) is 33.2. The zero-order valence-corrected chi connectivity index (χ0v) is 26.1. The Morgan fingerprint density at radius 3 is 2.38 bits per heavy atom. The monoisotopic (exact) mass is 632 g/mol. The number of nitrogens with one attached hydrogen (secondary N) is 2. The van der Waals surface area contributed by atoms with Crippen molar-refractivity contribution in [1.29, 1.82) is 5.26 Å². The minimum atomic E-state index is -4.52. The van der Waals surface area contributed by atoms with Crippen molar-refractivity contribution in [2.75, 3.05) is 11.9 Å². The number of halogens is 3. The zero-order chi connectivity index (χ0) is 32.6. The Morgan fingerprint density at radius 2 is 1.73 bits per heavy atom.